The summed E-state index contributed by atoms with van der Waals surface area (Å²) < 4.78 is 0. The highest BCUT2D eigenvalue weighted by atomic mass is 32.2. The topological polar surface area (TPSA) is 12.0 Å². The van der Waals surface area contributed by atoms with Gasteiger partial charge in [0.05, 0.1) is 0 Å². The third-order valence-corrected chi connectivity index (χ3v) is 16.4. The Morgan fingerprint density at radius 1 is 0.844 bits per heavy atom. The van der Waals surface area contributed by atoms with Gasteiger partial charge in [0.2, 0.25) is 0 Å². The first kappa shape index (κ1) is 27.1. The van der Waals surface area contributed by atoms with Crippen molar-refractivity contribution in [1.82, 2.24) is 4.98 Å². The molecule has 1 nitrogen and oxygen atoms in total. The van der Waals surface area contributed by atoms with Crippen LogP contribution in [0.2, 0.25) is 18.1 Å². The van der Waals surface area contributed by atoms with Crippen LogP contribution in [0.1, 0.15) is 120 Å². The molecule has 1 heterocycles. The molecule has 2 saturated carbocycles. The maximum Gasteiger partial charge on any atom is 0.126 e. The van der Waals surface area contributed by atoms with Gasteiger partial charge in [-0.25, -0.2) is 0 Å². The first-order chi connectivity index (χ1) is 14.8. The maximum atomic E-state index is 4.39. The van der Waals surface area contributed by atoms with Crippen molar-refractivity contribution in [3.05, 3.63) is 0 Å². The number of nitrogens with one attached hydrogen (secondary N) is 1. The minimum atomic E-state index is -1.58. The third-order valence-electron chi connectivity index (χ3n) is 9.31. The zero-order valence-electron chi connectivity index (χ0n) is 23.2. The highest BCUT2D eigenvalue weighted by Crippen LogP contribution is 2.65. The van der Waals surface area contributed by atoms with E-state index in [-0.39, 0.29) is 5.54 Å². The lowest BCUT2D eigenvalue weighted by atomic mass is 9.78. The summed E-state index contributed by atoms with van der Waals surface area (Å²) in [5, 5.41) is 1.95. The predicted molar refractivity (Wildman–Crippen MR) is 149 cm³/mol. The molecule has 0 bridgehead atoms. The van der Waals surface area contributed by atoms with Gasteiger partial charge in [-0.05, 0) is 80.7 Å². The average Bonchev–Trinajstić information content (AvgIpc) is 3.14. The highest BCUT2D eigenvalue weighted by molar-refractivity contribution is 8.00. The fourth-order valence-electron chi connectivity index (χ4n) is 8.04. The molecular weight excluding hydrogens is 422 g/mol. The van der Waals surface area contributed by atoms with Crippen molar-refractivity contribution < 1.29 is 0 Å². The van der Waals surface area contributed by atoms with Gasteiger partial charge in [-0.3, -0.25) is 0 Å². The summed E-state index contributed by atoms with van der Waals surface area (Å²) in [6.07, 6.45) is 14.6. The van der Waals surface area contributed by atoms with Crippen molar-refractivity contribution in [2.75, 3.05) is 0 Å². The van der Waals surface area contributed by atoms with E-state index < -0.39 is 8.24 Å². The van der Waals surface area contributed by atoms with Gasteiger partial charge < -0.3 is 4.98 Å². The number of unbranched alkanes of at least 4 members (excludes halogenated alkanes) is 4. The Hall–Kier alpha value is 0.527. The van der Waals surface area contributed by atoms with Crippen molar-refractivity contribution in [3.63, 3.8) is 0 Å². The lowest BCUT2D eigenvalue weighted by molar-refractivity contribution is 0.272. The molecule has 188 valence electrons. The summed E-state index contributed by atoms with van der Waals surface area (Å²) in [6, 6.07) is 1.50. The Balaban J connectivity index is 1.67. The zero-order chi connectivity index (χ0) is 23.7. The van der Waals surface area contributed by atoms with E-state index in [1.165, 1.54) is 70.3 Å². The normalized spacial score (nSPS) is 37.2. The van der Waals surface area contributed by atoms with Gasteiger partial charge >= 0.3 is 0 Å². The minimum absolute atomic E-state index is 0.242. The smallest absolute Gasteiger partial charge is 0.126 e. The molecule has 3 fully saturated rings. The molecule has 8 atom stereocenters. The minimum Gasteiger partial charge on any atom is -0.332 e. The molecule has 0 aromatic carbocycles. The fraction of sp³-hybridized carbons (Fsp3) is 1.00. The van der Waals surface area contributed by atoms with Crippen LogP contribution in [0.15, 0.2) is 0 Å². The Morgan fingerprint density at radius 3 is 2.12 bits per heavy atom. The second-order valence-electron chi connectivity index (χ2n) is 14.5. The van der Waals surface area contributed by atoms with E-state index in [2.05, 4.69) is 78.7 Å². The monoisotopic (exact) mass is 479 g/mol. The molecule has 3 aliphatic rings. The quantitative estimate of drug-likeness (QED) is 0.261. The maximum absolute atomic E-state index is 4.39. The molecule has 3 heteroatoms. The number of hydrogen-bond donors (Lipinski definition) is 1. The molecular formula is C29H57NSSi. The van der Waals surface area contributed by atoms with Crippen molar-refractivity contribution in [1.29, 1.82) is 0 Å². The van der Waals surface area contributed by atoms with Gasteiger partial charge in [-0.2, -0.15) is 11.8 Å². The first-order valence-electron chi connectivity index (χ1n) is 14.3. The Morgan fingerprint density at radius 2 is 1.47 bits per heavy atom. The van der Waals surface area contributed by atoms with Crippen LogP contribution in [-0.4, -0.2) is 24.3 Å². The molecule has 2 aliphatic carbocycles. The Bertz CT molecular complexity index is 591. The van der Waals surface area contributed by atoms with Crippen LogP contribution < -0.4 is 4.98 Å². The average molecular weight is 480 g/mol. The van der Waals surface area contributed by atoms with E-state index in [4.69, 9.17) is 0 Å². The number of fused-ring (bicyclic) bond motifs is 3. The second-order valence-corrected chi connectivity index (χ2v) is 20.2. The van der Waals surface area contributed by atoms with E-state index >= 15 is 0 Å². The zero-order valence-corrected chi connectivity index (χ0v) is 25.0. The van der Waals surface area contributed by atoms with E-state index in [1.807, 2.05) is 0 Å². The molecule has 3 rings (SSSR count). The summed E-state index contributed by atoms with van der Waals surface area (Å²) in [4.78, 5) is 4.39. The van der Waals surface area contributed by atoms with Crippen molar-refractivity contribution in [2.24, 2.45) is 29.1 Å². The summed E-state index contributed by atoms with van der Waals surface area (Å²) in [5.74, 6) is 3.85. The summed E-state index contributed by atoms with van der Waals surface area (Å²) in [6.45, 7) is 22.5. The van der Waals surface area contributed by atoms with Crippen LogP contribution in [0.5, 0.6) is 0 Å². The molecule has 0 spiro atoms. The number of rotatable bonds is 9. The second kappa shape index (κ2) is 10.6. The summed E-state index contributed by atoms with van der Waals surface area (Å²) in [7, 11) is -1.58. The van der Waals surface area contributed by atoms with Crippen molar-refractivity contribution >= 4 is 20.0 Å². The van der Waals surface area contributed by atoms with Gasteiger partial charge in [0.25, 0.3) is 0 Å². The lowest BCUT2D eigenvalue weighted by Crippen LogP contribution is -2.61. The highest BCUT2D eigenvalue weighted by Gasteiger charge is 2.61. The SMILES string of the molecule is CC1C(C)C([Si](C)(CCCCCCCC(C)(C)C)NC(C)(C)C)C2C3CCCCC3SC12. The number of thioether (sulfide) groups is 1. The Kier molecular flexibility index (Phi) is 9.02. The first-order valence-corrected chi connectivity index (χ1v) is 18.0. The molecule has 1 saturated heterocycles. The fourth-order valence-corrected chi connectivity index (χ4v) is 16.5. The van der Waals surface area contributed by atoms with Crippen LogP contribution in [0.25, 0.3) is 0 Å². The van der Waals surface area contributed by atoms with E-state index in [9.17, 15) is 0 Å². The van der Waals surface area contributed by atoms with Gasteiger partial charge in [0.15, 0.2) is 0 Å². The van der Waals surface area contributed by atoms with Crippen LogP contribution in [-0.2, 0) is 0 Å². The molecule has 0 aromatic heterocycles. The van der Waals surface area contributed by atoms with E-state index in [0.717, 1.165) is 39.7 Å². The molecule has 0 radical (unpaired) electrons. The van der Waals surface area contributed by atoms with Gasteiger partial charge in [-0.15, -0.1) is 0 Å². The summed E-state index contributed by atoms with van der Waals surface area (Å²) >= 11 is 2.45. The predicted octanol–water partition coefficient (Wildman–Crippen LogP) is 9.28. The molecule has 0 amide bonds. The van der Waals surface area contributed by atoms with E-state index in [1.54, 1.807) is 0 Å². The standard InChI is InChI=1S/C29H57NSSi/c1-21-22(2)27(25-23-17-13-14-18-24(23)31-26(21)25)32(9,30-29(6,7)8)20-16-12-10-11-15-19-28(3,4)5/h21-27,30H,10-20H2,1-9H3. The van der Waals surface area contributed by atoms with Crippen LogP contribution in [0.4, 0.5) is 0 Å². The molecule has 32 heavy (non-hydrogen) atoms. The van der Waals surface area contributed by atoms with Crippen molar-refractivity contribution in [3.8, 4) is 0 Å². The third kappa shape index (κ3) is 6.59. The molecule has 0 aromatic rings. The van der Waals surface area contributed by atoms with Crippen LogP contribution in [0.3, 0.4) is 0 Å². The van der Waals surface area contributed by atoms with Gasteiger partial charge in [0.1, 0.15) is 8.24 Å². The molecule has 1 aliphatic heterocycles. The van der Waals surface area contributed by atoms with Gasteiger partial charge in [0, 0.05) is 16.0 Å². The summed E-state index contributed by atoms with van der Waals surface area (Å²) in [5.41, 5.74) is 1.72. The molecule has 1 N–H and O–H groups in total. The van der Waals surface area contributed by atoms with Crippen LogP contribution >= 0.6 is 11.8 Å². The number of hydrogen-bond acceptors (Lipinski definition) is 2. The largest absolute Gasteiger partial charge is 0.332 e. The molecule has 8 unspecified atom stereocenters. The van der Waals surface area contributed by atoms with Crippen LogP contribution in [0, 0.1) is 29.1 Å². The van der Waals surface area contributed by atoms with Gasteiger partial charge in [-0.1, -0.05) is 86.1 Å². The Labute approximate surface area is 207 Å². The lowest BCUT2D eigenvalue weighted by Gasteiger charge is -2.46. The van der Waals surface area contributed by atoms with Crippen molar-refractivity contribution in [2.45, 2.75) is 154 Å². The van der Waals surface area contributed by atoms with E-state index in [0.29, 0.717) is 5.41 Å².